The topological polar surface area (TPSA) is 57.5 Å². The molecule has 0 aliphatic heterocycles. The van der Waals surface area contributed by atoms with Gasteiger partial charge in [-0.25, -0.2) is 4.79 Å². The van der Waals surface area contributed by atoms with Crippen molar-refractivity contribution in [3.63, 3.8) is 0 Å². The molecule has 1 aromatic carbocycles. The van der Waals surface area contributed by atoms with E-state index in [2.05, 4.69) is 0 Å². The van der Waals surface area contributed by atoms with Crippen molar-refractivity contribution >= 4 is 5.97 Å². The van der Waals surface area contributed by atoms with Crippen LogP contribution in [0.3, 0.4) is 0 Å². The maximum Gasteiger partial charge on any atom is 0.330 e. The summed E-state index contributed by atoms with van der Waals surface area (Å²) in [6.07, 6.45) is 2.02. The zero-order valence-corrected chi connectivity index (χ0v) is 7.90. The van der Waals surface area contributed by atoms with Gasteiger partial charge in [0.25, 0.3) is 0 Å². The second-order valence-electron chi connectivity index (χ2n) is 3.03. The second-order valence-corrected chi connectivity index (χ2v) is 3.03. The Labute approximate surface area is 82.3 Å². The number of carboxylic acid groups (broad SMARTS) is 1. The standard InChI is InChI=1S/C11H12O3/c1-8(11(13)14)6-7-9-4-2-3-5-10(9)12/h2-6,12H,7H2,1H3,(H,13,14). The molecule has 0 spiro atoms. The van der Waals surface area contributed by atoms with Crippen LogP contribution in [0.25, 0.3) is 0 Å². The molecule has 14 heavy (non-hydrogen) atoms. The van der Waals surface area contributed by atoms with Crippen molar-refractivity contribution in [3.05, 3.63) is 41.5 Å². The summed E-state index contributed by atoms with van der Waals surface area (Å²) < 4.78 is 0. The lowest BCUT2D eigenvalue weighted by atomic mass is 10.1. The quantitative estimate of drug-likeness (QED) is 0.720. The fraction of sp³-hybridized carbons (Fsp3) is 0.182. The SMILES string of the molecule is CC(=CCc1ccccc1O)C(=O)O. The van der Waals surface area contributed by atoms with Gasteiger partial charge in [-0.3, -0.25) is 0 Å². The third kappa shape index (κ3) is 2.62. The van der Waals surface area contributed by atoms with Gasteiger partial charge in [0.05, 0.1) is 0 Å². The van der Waals surface area contributed by atoms with Gasteiger partial charge < -0.3 is 10.2 Å². The molecule has 0 heterocycles. The van der Waals surface area contributed by atoms with Crippen LogP contribution in [-0.4, -0.2) is 16.2 Å². The average molecular weight is 192 g/mol. The summed E-state index contributed by atoms with van der Waals surface area (Å²) in [5.41, 5.74) is 1.02. The van der Waals surface area contributed by atoms with E-state index in [1.165, 1.54) is 6.92 Å². The van der Waals surface area contributed by atoms with Crippen molar-refractivity contribution in [2.75, 3.05) is 0 Å². The molecule has 0 fully saturated rings. The number of phenols is 1. The number of rotatable bonds is 3. The van der Waals surface area contributed by atoms with Crippen LogP contribution in [0.5, 0.6) is 5.75 Å². The summed E-state index contributed by atoms with van der Waals surface area (Å²) in [5.74, 6) is -0.734. The molecular formula is C11H12O3. The summed E-state index contributed by atoms with van der Waals surface area (Å²) in [7, 11) is 0. The molecule has 74 valence electrons. The number of para-hydroxylation sites is 1. The molecule has 0 amide bonds. The minimum absolute atomic E-state index is 0.196. The van der Waals surface area contributed by atoms with E-state index in [1.54, 1.807) is 30.3 Å². The Kier molecular flexibility index (Phi) is 3.29. The lowest BCUT2D eigenvalue weighted by Crippen LogP contribution is -1.96. The molecule has 2 N–H and O–H groups in total. The molecule has 1 rings (SSSR count). The third-order valence-electron chi connectivity index (χ3n) is 1.96. The molecule has 0 unspecified atom stereocenters. The predicted molar refractivity (Wildman–Crippen MR) is 53.2 cm³/mol. The molecule has 0 saturated carbocycles. The summed E-state index contributed by atoms with van der Waals surface area (Å²) in [5, 5.41) is 18.0. The van der Waals surface area contributed by atoms with E-state index in [-0.39, 0.29) is 11.3 Å². The van der Waals surface area contributed by atoms with Crippen molar-refractivity contribution in [1.29, 1.82) is 0 Å². The fourth-order valence-corrected chi connectivity index (χ4v) is 1.03. The zero-order chi connectivity index (χ0) is 10.6. The van der Waals surface area contributed by atoms with E-state index in [1.807, 2.05) is 0 Å². The first-order valence-electron chi connectivity index (χ1n) is 4.28. The highest BCUT2D eigenvalue weighted by Gasteiger charge is 2.01. The number of hydrogen-bond donors (Lipinski definition) is 2. The largest absolute Gasteiger partial charge is 0.508 e. The molecule has 3 heteroatoms. The minimum Gasteiger partial charge on any atom is -0.508 e. The number of carbonyl (C=O) groups is 1. The molecule has 3 nitrogen and oxygen atoms in total. The molecule has 0 aliphatic rings. The molecule has 0 bridgehead atoms. The van der Waals surface area contributed by atoms with Gasteiger partial charge in [0, 0.05) is 5.57 Å². The van der Waals surface area contributed by atoms with Crippen LogP contribution in [-0.2, 0) is 11.2 Å². The highest BCUT2D eigenvalue weighted by molar-refractivity contribution is 5.85. The average Bonchev–Trinajstić information content (AvgIpc) is 2.16. The summed E-state index contributed by atoms with van der Waals surface area (Å²) in [6, 6.07) is 6.88. The van der Waals surface area contributed by atoms with Gasteiger partial charge in [-0.2, -0.15) is 0 Å². The maximum atomic E-state index is 10.5. The van der Waals surface area contributed by atoms with Crippen molar-refractivity contribution in [1.82, 2.24) is 0 Å². The Morgan fingerprint density at radius 2 is 2.07 bits per heavy atom. The normalized spacial score (nSPS) is 11.4. The van der Waals surface area contributed by atoms with Gasteiger partial charge in [0.2, 0.25) is 0 Å². The molecule has 1 aromatic rings. The maximum absolute atomic E-state index is 10.5. The van der Waals surface area contributed by atoms with E-state index >= 15 is 0 Å². The lowest BCUT2D eigenvalue weighted by Gasteiger charge is -2.00. The Hall–Kier alpha value is -1.77. The van der Waals surface area contributed by atoms with Crippen LogP contribution >= 0.6 is 0 Å². The number of phenolic OH excluding ortho intramolecular Hbond substituents is 1. The van der Waals surface area contributed by atoms with Crippen LogP contribution in [0.2, 0.25) is 0 Å². The Morgan fingerprint density at radius 1 is 1.43 bits per heavy atom. The van der Waals surface area contributed by atoms with Crippen molar-refractivity contribution < 1.29 is 15.0 Å². The van der Waals surface area contributed by atoms with Crippen molar-refractivity contribution in [3.8, 4) is 5.75 Å². The molecule has 0 saturated heterocycles. The predicted octanol–water partition coefficient (Wildman–Crippen LogP) is 1.97. The van der Waals surface area contributed by atoms with Crippen molar-refractivity contribution in [2.45, 2.75) is 13.3 Å². The van der Waals surface area contributed by atoms with Gasteiger partial charge in [0.15, 0.2) is 0 Å². The number of hydrogen-bond acceptors (Lipinski definition) is 2. The first kappa shape index (κ1) is 10.3. The van der Waals surface area contributed by atoms with Crippen LogP contribution in [0.15, 0.2) is 35.9 Å². The van der Waals surface area contributed by atoms with E-state index < -0.39 is 5.97 Å². The zero-order valence-electron chi connectivity index (χ0n) is 7.90. The highest BCUT2D eigenvalue weighted by Crippen LogP contribution is 2.16. The number of aliphatic carboxylic acids is 1. The first-order valence-corrected chi connectivity index (χ1v) is 4.28. The Balaban J connectivity index is 2.76. The lowest BCUT2D eigenvalue weighted by molar-refractivity contribution is -0.132. The third-order valence-corrected chi connectivity index (χ3v) is 1.96. The minimum atomic E-state index is -0.930. The summed E-state index contributed by atoms with van der Waals surface area (Å²) >= 11 is 0. The monoisotopic (exact) mass is 192 g/mol. The fourth-order valence-electron chi connectivity index (χ4n) is 1.03. The van der Waals surface area contributed by atoms with Gasteiger partial charge in [0.1, 0.15) is 5.75 Å². The summed E-state index contributed by atoms with van der Waals surface area (Å²) in [6.45, 7) is 1.53. The Bertz CT molecular complexity index is 367. The molecule has 0 aliphatic carbocycles. The number of carboxylic acids is 1. The molecule has 0 aromatic heterocycles. The summed E-state index contributed by atoms with van der Waals surface area (Å²) in [4.78, 5) is 10.5. The smallest absolute Gasteiger partial charge is 0.330 e. The molecule has 0 atom stereocenters. The highest BCUT2D eigenvalue weighted by atomic mass is 16.4. The van der Waals surface area contributed by atoms with Gasteiger partial charge in [-0.05, 0) is 25.0 Å². The van der Waals surface area contributed by atoms with Crippen LogP contribution in [0, 0.1) is 0 Å². The van der Waals surface area contributed by atoms with Crippen LogP contribution < -0.4 is 0 Å². The number of aromatic hydroxyl groups is 1. The number of allylic oxidation sites excluding steroid dienone is 1. The van der Waals surface area contributed by atoms with E-state index in [0.29, 0.717) is 6.42 Å². The first-order chi connectivity index (χ1) is 6.61. The molecular weight excluding hydrogens is 180 g/mol. The van der Waals surface area contributed by atoms with E-state index in [0.717, 1.165) is 5.56 Å². The van der Waals surface area contributed by atoms with Gasteiger partial charge in [-0.1, -0.05) is 24.3 Å². The Morgan fingerprint density at radius 3 is 2.64 bits per heavy atom. The van der Waals surface area contributed by atoms with Crippen LogP contribution in [0.1, 0.15) is 12.5 Å². The van der Waals surface area contributed by atoms with Gasteiger partial charge in [-0.15, -0.1) is 0 Å². The van der Waals surface area contributed by atoms with Gasteiger partial charge >= 0.3 is 5.97 Å². The van der Waals surface area contributed by atoms with E-state index in [4.69, 9.17) is 5.11 Å². The molecule has 0 radical (unpaired) electrons. The second kappa shape index (κ2) is 4.46. The van der Waals surface area contributed by atoms with E-state index in [9.17, 15) is 9.90 Å². The van der Waals surface area contributed by atoms with Crippen LogP contribution in [0.4, 0.5) is 0 Å². The number of benzene rings is 1. The van der Waals surface area contributed by atoms with Crippen molar-refractivity contribution in [2.24, 2.45) is 0 Å².